The Labute approximate surface area is 103 Å². The molecule has 2 aliphatic rings. The van der Waals surface area contributed by atoms with Crippen LogP contribution in [0.25, 0.3) is 0 Å². The Kier molecular flexibility index (Phi) is 4.05. The number of carboxylic acids is 1. The average molecular weight is 241 g/mol. The molecule has 4 nitrogen and oxygen atoms in total. The van der Waals surface area contributed by atoms with E-state index in [4.69, 9.17) is 9.84 Å². The van der Waals surface area contributed by atoms with Crippen LogP contribution in [0.1, 0.15) is 32.6 Å². The molecule has 1 heterocycles. The third-order valence-corrected chi connectivity index (χ3v) is 4.40. The summed E-state index contributed by atoms with van der Waals surface area (Å²) >= 11 is 0. The minimum absolute atomic E-state index is 0.200. The Morgan fingerprint density at radius 2 is 2.00 bits per heavy atom. The van der Waals surface area contributed by atoms with Gasteiger partial charge in [-0.2, -0.15) is 0 Å². The van der Waals surface area contributed by atoms with E-state index >= 15 is 0 Å². The second-order valence-electron chi connectivity index (χ2n) is 5.50. The number of carboxylic acid groups (broad SMARTS) is 1. The molecule has 1 N–H and O–H groups in total. The van der Waals surface area contributed by atoms with Crippen LogP contribution in [0.5, 0.6) is 0 Å². The van der Waals surface area contributed by atoms with Gasteiger partial charge in [0.25, 0.3) is 0 Å². The monoisotopic (exact) mass is 241 g/mol. The molecule has 4 heteroatoms. The second kappa shape index (κ2) is 5.36. The van der Waals surface area contributed by atoms with Crippen LogP contribution in [0.3, 0.4) is 0 Å². The van der Waals surface area contributed by atoms with Crippen LogP contribution in [-0.2, 0) is 9.53 Å². The van der Waals surface area contributed by atoms with Crippen LogP contribution in [0.15, 0.2) is 0 Å². The molecule has 1 saturated heterocycles. The third kappa shape index (κ3) is 2.63. The molecule has 4 unspecified atom stereocenters. The van der Waals surface area contributed by atoms with Gasteiger partial charge in [-0.1, -0.05) is 19.8 Å². The largest absolute Gasteiger partial charge is 0.481 e. The van der Waals surface area contributed by atoms with Crippen molar-refractivity contribution in [3.05, 3.63) is 0 Å². The lowest BCUT2D eigenvalue weighted by molar-refractivity contribution is -0.142. The van der Waals surface area contributed by atoms with E-state index in [0.29, 0.717) is 18.7 Å². The maximum absolute atomic E-state index is 11.1. The summed E-state index contributed by atoms with van der Waals surface area (Å²) in [6.07, 6.45) is 5.04. The minimum Gasteiger partial charge on any atom is -0.481 e. The summed E-state index contributed by atoms with van der Waals surface area (Å²) in [4.78, 5) is 13.5. The van der Waals surface area contributed by atoms with Crippen LogP contribution in [0.4, 0.5) is 0 Å². The molecule has 1 aliphatic carbocycles. The summed E-state index contributed by atoms with van der Waals surface area (Å²) in [5, 5.41) is 9.16. The Morgan fingerprint density at radius 1 is 1.29 bits per heavy atom. The molecule has 0 aromatic carbocycles. The fourth-order valence-corrected chi connectivity index (χ4v) is 3.37. The quantitative estimate of drug-likeness (QED) is 0.815. The summed E-state index contributed by atoms with van der Waals surface area (Å²) in [5.74, 6) is -0.592. The van der Waals surface area contributed by atoms with E-state index in [1.54, 1.807) is 7.11 Å². The van der Waals surface area contributed by atoms with Crippen LogP contribution in [-0.4, -0.2) is 48.3 Å². The average Bonchev–Trinajstić information content (AvgIpc) is 2.71. The molecule has 0 spiro atoms. The lowest BCUT2D eigenvalue weighted by Gasteiger charge is -2.37. The first-order chi connectivity index (χ1) is 8.13. The van der Waals surface area contributed by atoms with Crippen molar-refractivity contribution in [2.24, 2.45) is 11.8 Å². The van der Waals surface area contributed by atoms with Gasteiger partial charge in [0, 0.05) is 26.2 Å². The topological polar surface area (TPSA) is 49.8 Å². The number of methoxy groups -OCH3 is 1. The Balaban J connectivity index is 2.00. The first-order valence-electron chi connectivity index (χ1n) is 6.63. The number of rotatable bonds is 3. The SMILES string of the molecule is COC1CCCCC1N1CC(C)C(C(=O)O)C1. The highest BCUT2D eigenvalue weighted by Crippen LogP contribution is 2.32. The third-order valence-electron chi connectivity index (χ3n) is 4.40. The smallest absolute Gasteiger partial charge is 0.308 e. The molecule has 2 fully saturated rings. The van der Waals surface area contributed by atoms with Crippen LogP contribution < -0.4 is 0 Å². The first kappa shape index (κ1) is 12.8. The summed E-state index contributed by atoms with van der Waals surface area (Å²) in [5.41, 5.74) is 0. The summed E-state index contributed by atoms with van der Waals surface area (Å²) in [6.45, 7) is 3.64. The predicted octanol–water partition coefficient (Wildman–Crippen LogP) is 1.60. The van der Waals surface area contributed by atoms with Gasteiger partial charge in [0.1, 0.15) is 0 Å². The van der Waals surface area contributed by atoms with Gasteiger partial charge in [0.05, 0.1) is 12.0 Å². The van der Waals surface area contributed by atoms with Crippen molar-refractivity contribution in [3.63, 3.8) is 0 Å². The number of ether oxygens (including phenoxy) is 1. The van der Waals surface area contributed by atoms with Gasteiger partial charge in [-0.15, -0.1) is 0 Å². The number of likely N-dealkylation sites (tertiary alicyclic amines) is 1. The summed E-state index contributed by atoms with van der Waals surface area (Å²) < 4.78 is 5.56. The zero-order valence-corrected chi connectivity index (χ0v) is 10.8. The van der Waals surface area contributed by atoms with Crippen LogP contribution in [0.2, 0.25) is 0 Å². The van der Waals surface area contributed by atoms with E-state index in [1.165, 1.54) is 12.8 Å². The van der Waals surface area contributed by atoms with E-state index in [0.717, 1.165) is 19.4 Å². The Morgan fingerprint density at radius 3 is 2.59 bits per heavy atom. The predicted molar refractivity (Wildman–Crippen MR) is 64.9 cm³/mol. The molecule has 0 amide bonds. The molecule has 0 radical (unpaired) electrons. The van der Waals surface area contributed by atoms with Crippen molar-refractivity contribution >= 4 is 5.97 Å². The van der Waals surface area contributed by atoms with E-state index in [-0.39, 0.29) is 11.8 Å². The first-order valence-corrected chi connectivity index (χ1v) is 6.63. The number of hydrogen-bond donors (Lipinski definition) is 1. The maximum atomic E-state index is 11.1. The molecular formula is C13H23NO3. The van der Waals surface area contributed by atoms with E-state index < -0.39 is 5.97 Å². The highest BCUT2D eigenvalue weighted by Gasteiger charge is 2.40. The minimum atomic E-state index is -0.648. The number of nitrogens with zero attached hydrogens (tertiary/aromatic N) is 1. The summed E-state index contributed by atoms with van der Waals surface area (Å²) in [6, 6.07) is 0.431. The van der Waals surface area contributed by atoms with Crippen molar-refractivity contribution in [3.8, 4) is 0 Å². The van der Waals surface area contributed by atoms with Crippen molar-refractivity contribution in [1.29, 1.82) is 0 Å². The Bertz CT molecular complexity index is 282. The van der Waals surface area contributed by atoms with Gasteiger partial charge in [-0.05, 0) is 18.8 Å². The fraction of sp³-hybridized carbons (Fsp3) is 0.923. The van der Waals surface area contributed by atoms with Crippen molar-refractivity contribution in [1.82, 2.24) is 4.90 Å². The maximum Gasteiger partial charge on any atom is 0.308 e. The van der Waals surface area contributed by atoms with Crippen molar-refractivity contribution in [2.75, 3.05) is 20.2 Å². The normalized spacial score (nSPS) is 39.4. The summed E-state index contributed by atoms with van der Waals surface area (Å²) in [7, 11) is 1.77. The van der Waals surface area contributed by atoms with Gasteiger partial charge in [0.2, 0.25) is 0 Å². The Hall–Kier alpha value is -0.610. The zero-order valence-electron chi connectivity index (χ0n) is 10.8. The highest BCUT2D eigenvalue weighted by atomic mass is 16.5. The number of aliphatic carboxylic acids is 1. The van der Waals surface area contributed by atoms with Gasteiger partial charge in [-0.25, -0.2) is 0 Å². The molecule has 17 heavy (non-hydrogen) atoms. The lowest BCUT2D eigenvalue weighted by atomic mass is 9.91. The van der Waals surface area contributed by atoms with Gasteiger partial charge >= 0.3 is 5.97 Å². The van der Waals surface area contributed by atoms with E-state index in [1.807, 2.05) is 6.92 Å². The highest BCUT2D eigenvalue weighted by molar-refractivity contribution is 5.71. The molecule has 0 aromatic heterocycles. The molecular weight excluding hydrogens is 218 g/mol. The molecule has 0 aromatic rings. The number of carbonyl (C=O) groups is 1. The van der Waals surface area contributed by atoms with Crippen LogP contribution in [0, 0.1) is 11.8 Å². The standard InChI is InChI=1S/C13H23NO3/c1-9-7-14(8-10(9)13(15)16)11-5-3-4-6-12(11)17-2/h9-12H,3-8H2,1-2H3,(H,15,16). The molecule has 2 rings (SSSR count). The van der Waals surface area contributed by atoms with Gasteiger partial charge in [0.15, 0.2) is 0 Å². The van der Waals surface area contributed by atoms with E-state index in [2.05, 4.69) is 4.90 Å². The fourth-order valence-electron chi connectivity index (χ4n) is 3.37. The molecule has 1 aliphatic heterocycles. The van der Waals surface area contributed by atoms with Crippen molar-refractivity contribution < 1.29 is 14.6 Å². The van der Waals surface area contributed by atoms with Crippen molar-refractivity contribution in [2.45, 2.75) is 44.8 Å². The van der Waals surface area contributed by atoms with E-state index in [9.17, 15) is 4.79 Å². The molecule has 98 valence electrons. The molecule has 1 saturated carbocycles. The molecule has 4 atom stereocenters. The number of hydrogen-bond acceptors (Lipinski definition) is 3. The molecule has 0 bridgehead atoms. The van der Waals surface area contributed by atoms with Crippen LogP contribution >= 0.6 is 0 Å². The van der Waals surface area contributed by atoms with Gasteiger partial charge in [-0.3, -0.25) is 9.69 Å². The van der Waals surface area contributed by atoms with Gasteiger partial charge < -0.3 is 9.84 Å². The zero-order chi connectivity index (χ0) is 12.4. The second-order valence-corrected chi connectivity index (χ2v) is 5.50. The lowest BCUT2D eigenvalue weighted by Crippen LogP contribution is -2.45.